The second-order valence-electron chi connectivity index (χ2n) is 4.41. The Morgan fingerprint density at radius 1 is 1.29 bits per heavy atom. The lowest BCUT2D eigenvalue weighted by molar-refractivity contribution is 0.0722. The fourth-order valence-electron chi connectivity index (χ4n) is 2.31. The van der Waals surface area contributed by atoms with Gasteiger partial charge in [-0.15, -0.1) is 0 Å². The van der Waals surface area contributed by atoms with E-state index < -0.39 is 10.2 Å². The second-order valence-corrected chi connectivity index (χ2v) is 6.11. The van der Waals surface area contributed by atoms with Crippen LogP contribution in [0.2, 0.25) is 0 Å². The maximum atomic E-state index is 12.1. The molecule has 0 aromatic rings. The van der Waals surface area contributed by atoms with Crippen LogP contribution >= 0.6 is 0 Å². The zero-order chi connectivity index (χ0) is 12.3. The summed E-state index contributed by atoms with van der Waals surface area (Å²) in [6, 6.07) is 1.94. The third-order valence-electron chi connectivity index (χ3n) is 3.29. The summed E-state index contributed by atoms with van der Waals surface area (Å²) in [6.07, 6.45) is 2.45. The Hall–Kier alpha value is -0.680. The van der Waals surface area contributed by atoms with Gasteiger partial charge in [0.15, 0.2) is 0 Å². The lowest BCUT2D eigenvalue weighted by Gasteiger charge is -2.28. The Bertz CT molecular complexity index is 398. The first-order valence-corrected chi connectivity index (χ1v) is 7.32. The van der Waals surface area contributed by atoms with Gasteiger partial charge < -0.3 is 4.74 Å². The molecule has 2 aliphatic rings. The van der Waals surface area contributed by atoms with Crippen LogP contribution in [0.15, 0.2) is 0 Å². The number of ether oxygens (including phenoxy) is 1. The third kappa shape index (κ3) is 2.96. The minimum absolute atomic E-state index is 0.189. The summed E-state index contributed by atoms with van der Waals surface area (Å²) in [5, 5.41) is 8.93. The molecule has 2 atom stereocenters. The van der Waals surface area contributed by atoms with Crippen LogP contribution in [0.1, 0.15) is 19.3 Å². The fraction of sp³-hybridized carbons (Fsp3) is 0.900. The maximum absolute atomic E-state index is 12.1. The Kier molecular flexibility index (Phi) is 3.99. The van der Waals surface area contributed by atoms with E-state index in [2.05, 4.69) is 10.8 Å². The third-order valence-corrected chi connectivity index (χ3v) is 4.94. The number of morpholine rings is 1. The molecule has 7 heteroatoms. The van der Waals surface area contributed by atoms with Gasteiger partial charge in [0.05, 0.1) is 25.2 Å². The van der Waals surface area contributed by atoms with Crippen LogP contribution in [0.5, 0.6) is 0 Å². The molecule has 0 aromatic heterocycles. The number of hydrogen-bond acceptors (Lipinski definition) is 4. The predicted octanol–water partition coefficient (Wildman–Crippen LogP) is -0.155. The maximum Gasteiger partial charge on any atom is 0.279 e. The summed E-state index contributed by atoms with van der Waals surface area (Å²) in [6.45, 7) is 1.65. The summed E-state index contributed by atoms with van der Waals surface area (Å²) in [5.74, 6) is -0.189. The molecule has 0 amide bonds. The molecule has 0 bridgehead atoms. The van der Waals surface area contributed by atoms with Gasteiger partial charge in [-0.2, -0.15) is 22.7 Å². The van der Waals surface area contributed by atoms with Gasteiger partial charge in [0.25, 0.3) is 10.2 Å². The van der Waals surface area contributed by atoms with Gasteiger partial charge in [0.2, 0.25) is 0 Å². The monoisotopic (exact) mass is 259 g/mol. The SMILES string of the molecule is N#CC1CCCC1NS(=O)(=O)N1CCOCC1. The molecule has 1 saturated carbocycles. The summed E-state index contributed by atoms with van der Waals surface area (Å²) in [5.41, 5.74) is 0. The molecule has 96 valence electrons. The highest BCUT2D eigenvalue weighted by molar-refractivity contribution is 7.87. The molecule has 0 aromatic carbocycles. The molecule has 1 aliphatic heterocycles. The van der Waals surface area contributed by atoms with E-state index in [1.54, 1.807) is 0 Å². The van der Waals surface area contributed by atoms with E-state index >= 15 is 0 Å². The Labute approximate surface area is 102 Å². The van der Waals surface area contributed by atoms with Crippen molar-refractivity contribution in [1.29, 1.82) is 5.26 Å². The van der Waals surface area contributed by atoms with Gasteiger partial charge in [-0.3, -0.25) is 0 Å². The number of hydrogen-bond donors (Lipinski definition) is 1. The quantitative estimate of drug-likeness (QED) is 0.764. The minimum Gasteiger partial charge on any atom is -0.379 e. The highest BCUT2D eigenvalue weighted by Gasteiger charge is 2.33. The van der Waals surface area contributed by atoms with Crippen LogP contribution in [0.3, 0.4) is 0 Å². The van der Waals surface area contributed by atoms with Gasteiger partial charge in [0.1, 0.15) is 0 Å². The topological polar surface area (TPSA) is 82.4 Å². The van der Waals surface area contributed by atoms with Crippen LogP contribution < -0.4 is 4.72 Å². The van der Waals surface area contributed by atoms with E-state index in [1.165, 1.54) is 4.31 Å². The molecule has 17 heavy (non-hydrogen) atoms. The minimum atomic E-state index is -3.46. The lowest BCUT2D eigenvalue weighted by atomic mass is 10.1. The standard InChI is InChI=1S/C10H17N3O3S/c11-8-9-2-1-3-10(9)12-17(14,15)13-4-6-16-7-5-13/h9-10,12H,1-7H2. The smallest absolute Gasteiger partial charge is 0.279 e. The Morgan fingerprint density at radius 3 is 2.65 bits per heavy atom. The molecular formula is C10H17N3O3S. The van der Waals surface area contributed by atoms with Gasteiger partial charge in [0, 0.05) is 19.1 Å². The summed E-state index contributed by atoms with van der Waals surface area (Å²) in [4.78, 5) is 0. The fourth-order valence-corrected chi connectivity index (χ4v) is 3.75. The van der Waals surface area contributed by atoms with E-state index in [1.807, 2.05) is 0 Å². The molecule has 1 heterocycles. The van der Waals surface area contributed by atoms with Gasteiger partial charge in [-0.1, -0.05) is 6.42 Å². The highest BCUT2D eigenvalue weighted by Crippen LogP contribution is 2.25. The van der Waals surface area contributed by atoms with Gasteiger partial charge in [-0.05, 0) is 12.8 Å². The van der Waals surface area contributed by atoms with Crippen molar-refractivity contribution in [2.75, 3.05) is 26.3 Å². The van der Waals surface area contributed by atoms with Crippen molar-refractivity contribution in [3.05, 3.63) is 0 Å². The first kappa shape index (κ1) is 12.8. The van der Waals surface area contributed by atoms with Crippen molar-refractivity contribution in [2.45, 2.75) is 25.3 Å². The summed E-state index contributed by atoms with van der Waals surface area (Å²) < 4.78 is 33.3. The number of nitrogens with zero attached hydrogens (tertiary/aromatic N) is 2. The van der Waals surface area contributed by atoms with Crippen molar-refractivity contribution in [1.82, 2.24) is 9.03 Å². The molecule has 2 rings (SSSR count). The van der Waals surface area contributed by atoms with Gasteiger partial charge >= 0.3 is 0 Å². The first-order valence-electron chi connectivity index (χ1n) is 5.88. The molecule has 2 unspecified atom stereocenters. The zero-order valence-electron chi connectivity index (χ0n) is 9.63. The second kappa shape index (κ2) is 5.31. The summed E-state index contributed by atoms with van der Waals surface area (Å²) >= 11 is 0. The molecule has 1 saturated heterocycles. The van der Waals surface area contributed by atoms with E-state index in [0.29, 0.717) is 26.3 Å². The van der Waals surface area contributed by atoms with Crippen LogP contribution in [0, 0.1) is 17.2 Å². The van der Waals surface area contributed by atoms with Crippen LogP contribution in [-0.2, 0) is 14.9 Å². The van der Waals surface area contributed by atoms with Gasteiger partial charge in [-0.25, -0.2) is 0 Å². The normalized spacial score (nSPS) is 31.2. The van der Waals surface area contributed by atoms with Crippen molar-refractivity contribution in [2.24, 2.45) is 5.92 Å². The van der Waals surface area contributed by atoms with E-state index in [-0.39, 0.29) is 12.0 Å². The van der Waals surface area contributed by atoms with Crippen molar-refractivity contribution in [3.8, 4) is 6.07 Å². The number of nitriles is 1. The Balaban J connectivity index is 1.99. The highest BCUT2D eigenvalue weighted by atomic mass is 32.2. The molecule has 0 spiro atoms. The predicted molar refractivity (Wildman–Crippen MR) is 61.2 cm³/mol. The Morgan fingerprint density at radius 2 is 2.00 bits per heavy atom. The molecule has 1 aliphatic carbocycles. The summed E-state index contributed by atoms with van der Waals surface area (Å²) in [7, 11) is -3.46. The van der Waals surface area contributed by atoms with Crippen LogP contribution in [-0.4, -0.2) is 45.1 Å². The van der Waals surface area contributed by atoms with Crippen LogP contribution in [0.4, 0.5) is 0 Å². The molecule has 6 nitrogen and oxygen atoms in total. The zero-order valence-corrected chi connectivity index (χ0v) is 10.4. The lowest BCUT2D eigenvalue weighted by Crippen LogP contribution is -2.50. The first-order chi connectivity index (χ1) is 8.13. The van der Waals surface area contributed by atoms with E-state index in [0.717, 1.165) is 19.3 Å². The average Bonchev–Trinajstić information content (AvgIpc) is 2.77. The van der Waals surface area contributed by atoms with Crippen molar-refractivity contribution in [3.63, 3.8) is 0 Å². The molecule has 0 radical (unpaired) electrons. The molecule has 2 fully saturated rings. The largest absolute Gasteiger partial charge is 0.379 e. The number of rotatable bonds is 3. The van der Waals surface area contributed by atoms with Crippen LogP contribution in [0.25, 0.3) is 0 Å². The number of nitrogens with one attached hydrogen (secondary N) is 1. The molecule has 1 N–H and O–H groups in total. The van der Waals surface area contributed by atoms with Crippen molar-refractivity contribution >= 4 is 10.2 Å². The molecular weight excluding hydrogens is 242 g/mol. The van der Waals surface area contributed by atoms with E-state index in [4.69, 9.17) is 10.00 Å². The van der Waals surface area contributed by atoms with Crippen molar-refractivity contribution < 1.29 is 13.2 Å². The average molecular weight is 259 g/mol. The van der Waals surface area contributed by atoms with E-state index in [9.17, 15) is 8.42 Å².